The lowest BCUT2D eigenvalue weighted by atomic mass is 10.1. The number of aromatic amines is 1. The zero-order valence-electron chi connectivity index (χ0n) is 11.7. The molecule has 0 aliphatic carbocycles. The number of nitrogens with zero attached hydrogens (tertiary/aromatic N) is 2. The summed E-state index contributed by atoms with van der Waals surface area (Å²) in [6, 6.07) is 7.08. The van der Waals surface area contributed by atoms with Crippen LogP contribution < -0.4 is 0 Å². The fourth-order valence-corrected chi connectivity index (χ4v) is 2.39. The van der Waals surface area contributed by atoms with Gasteiger partial charge in [0.25, 0.3) is 5.91 Å². The average molecular weight is 301 g/mol. The topological polar surface area (TPSA) is 95.5 Å². The molecule has 1 atom stereocenters. The van der Waals surface area contributed by atoms with Crippen molar-refractivity contribution < 1.29 is 19.4 Å². The number of H-pyrrole nitrogens is 1. The molecule has 1 aromatic heterocycles. The Kier molecular flexibility index (Phi) is 3.88. The zero-order valence-corrected chi connectivity index (χ0v) is 11.7. The van der Waals surface area contributed by atoms with E-state index in [4.69, 9.17) is 9.84 Å². The van der Waals surface area contributed by atoms with Gasteiger partial charge in [-0.25, -0.2) is 9.78 Å². The molecule has 7 nitrogen and oxygen atoms in total. The molecule has 0 bridgehead atoms. The van der Waals surface area contributed by atoms with E-state index in [2.05, 4.69) is 9.97 Å². The maximum absolute atomic E-state index is 12.5. The fraction of sp³-hybridized carbons (Fsp3) is 0.267. The summed E-state index contributed by atoms with van der Waals surface area (Å²) in [4.78, 5) is 32.2. The first-order valence-corrected chi connectivity index (χ1v) is 6.88. The predicted octanol–water partition coefficient (Wildman–Crippen LogP) is 1.00. The van der Waals surface area contributed by atoms with Gasteiger partial charge in [0.1, 0.15) is 5.82 Å². The molecule has 1 amide bonds. The highest BCUT2D eigenvalue weighted by molar-refractivity contribution is 5.95. The summed E-state index contributed by atoms with van der Waals surface area (Å²) >= 11 is 0. The van der Waals surface area contributed by atoms with E-state index in [-0.39, 0.29) is 19.1 Å². The van der Waals surface area contributed by atoms with Gasteiger partial charge in [0.05, 0.1) is 13.2 Å². The van der Waals surface area contributed by atoms with Gasteiger partial charge >= 0.3 is 5.97 Å². The minimum absolute atomic E-state index is 0.0547. The van der Waals surface area contributed by atoms with Crippen LogP contribution in [-0.2, 0) is 9.53 Å². The number of ether oxygens (including phenoxy) is 1. The van der Waals surface area contributed by atoms with Gasteiger partial charge in [-0.2, -0.15) is 0 Å². The molecule has 3 rings (SSSR count). The summed E-state index contributed by atoms with van der Waals surface area (Å²) in [5.74, 6) is -0.579. The molecule has 1 unspecified atom stereocenters. The second-order valence-electron chi connectivity index (χ2n) is 4.97. The number of amides is 1. The number of carbonyl (C=O) groups excluding carboxylic acids is 1. The number of aromatic nitrogens is 2. The van der Waals surface area contributed by atoms with Crippen molar-refractivity contribution in [2.45, 2.75) is 6.10 Å². The SMILES string of the molecule is O=C(O)C1CN(C(=O)c2cccc(-c3ncc[nH]3)c2)CCO1. The van der Waals surface area contributed by atoms with Gasteiger partial charge in [0.2, 0.25) is 0 Å². The number of benzene rings is 1. The van der Waals surface area contributed by atoms with Crippen LogP contribution in [0.1, 0.15) is 10.4 Å². The molecule has 1 saturated heterocycles. The molecule has 1 fully saturated rings. The Balaban J connectivity index is 1.80. The zero-order chi connectivity index (χ0) is 15.5. The highest BCUT2D eigenvalue weighted by Gasteiger charge is 2.29. The second-order valence-corrected chi connectivity index (χ2v) is 4.97. The first-order chi connectivity index (χ1) is 10.6. The number of hydrogen-bond acceptors (Lipinski definition) is 4. The monoisotopic (exact) mass is 301 g/mol. The van der Waals surface area contributed by atoms with Gasteiger partial charge in [0.15, 0.2) is 6.10 Å². The van der Waals surface area contributed by atoms with Crippen molar-refractivity contribution >= 4 is 11.9 Å². The van der Waals surface area contributed by atoms with Gasteiger partial charge in [0, 0.05) is 30.1 Å². The van der Waals surface area contributed by atoms with Crippen molar-refractivity contribution in [3.05, 3.63) is 42.2 Å². The molecule has 22 heavy (non-hydrogen) atoms. The highest BCUT2D eigenvalue weighted by atomic mass is 16.5. The minimum atomic E-state index is -1.05. The van der Waals surface area contributed by atoms with E-state index in [1.54, 1.807) is 30.6 Å². The molecule has 0 radical (unpaired) electrons. The van der Waals surface area contributed by atoms with Crippen LogP contribution in [0.15, 0.2) is 36.7 Å². The van der Waals surface area contributed by atoms with Crippen molar-refractivity contribution in [3.8, 4) is 11.4 Å². The fourth-order valence-electron chi connectivity index (χ4n) is 2.39. The smallest absolute Gasteiger partial charge is 0.334 e. The van der Waals surface area contributed by atoms with Crippen molar-refractivity contribution in [2.24, 2.45) is 0 Å². The average Bonchev–Trinajstić information content (AvgIpc) is 3.09. The van der Waals surface area contributed by atoms with Crippen molar-refractivity contribution in [1.29, 1.82) is 0 Å². The van der Waals surface area contributed by atoms with Gasteiger partial charge in [-0.3, -0.25) is 4.79 Å². The van der Waals surface area contributed by atoms with Crippen LogP contribution in [0.4, 0.5) is 0 Å². The van der Waals surface area contributed by atoms with Crippen LogP contribution in [0.2, 0.25) is 0 Å². The Morgan fingerprint density at radius 2 is 2.27 bits per heavy atom. The largest absolute Gasteiger partial charge is 0.479 e. The molecular weight excluding hydrogens is 286 g/mol. The number of nitrogens with one attached hydrogen (secondary N) is 1. The van der Waals surface area contributed by atoms with E-state index in [0.717, 1.165) is 5.56 Å². The number of aliphatic carboxylic acids is 1. The Hall–Kier alpha value is -2.67. The minimum Gasteiger partial charge on any atom is -0.479 e. The maximum atomic E-state index is 12.5. The van der Waals surface area contributed by atoms with E-state index in [0.29, 0.717) is 17.9 Å². The van der Waals surface area contributed by atoms with Crippen LogP contribution in [0.5, 0.6) is 0 Å². The Morgan fingerprint density at radius 1 is 1.41 bits per heavy atom. The summed E-state index contributed by atoms with van der Waals surface area (Å²) in [6.45, 7) is 0.660. The van der Waals surface area contributed by atoms with Gasteiger partial charge < -0.3 is 19.7 Å². The quantitative estimate of drug-likeness (QED) is 0.882. The van der Waals surface area contributed by atoms with Gasteiger partial charge in [-0.1, -0.05) is 12.1 Å². The molecule has 0 spiro atoms. The number of carbonyl (C=O) groups is 2. The number of carboxylic acid groups (broad SMARTS) is 1. The third-order valence-electron chi connectivity index (χ3n) is 3.51. The van der Waals surface area contributed by atoms with E-state index < -0.39 is 12.1 Å². The molecule has 0 saturated carbocycles. The molecule has 1 aromatic carbocycles. The molecule has 1 aliphatic rings. The number of rotatable bonds is 3. The Labute approximate surface area is 126 Å². The lowest BCUT2D eigenvalue weighted by Crippen LogP contribution is -2.48. The third-order valence-corrected chi connectivity index (χ3v) is 3.51. The van der Waals surface area contributed by atoms with E-state index in [1.165, 1.54) is 4.90 Å². The maximum Gasteiger partial charge on any atom is 0.334 e. The lowest BCUT2D eigenvalue weighted by molar-refractivity contribution is -0.154. The number of hydrogen-bond donors (Lipinski definition) is 2. The normalized spacial score (nSPS) is 18.2. The molecule has 2 heterocycles. The molecule has 7 heteroatoms. The summed E-state index contributed by atoms with van der Waals surface area (Å²) in [5.41, 5.74) is 1.30. The molecule has 2 aromatic rings. The second kappa shape index (κ2) is 5.98. The molecule has 1 aliphatic heterocycles. The molecule has 114 valence electrons. The standard InChI is InChI=1S/C15H15N3O4/c19-14(18-6-7-22-12(9-18)15(20)21)11-3-1-2-10(8-11)13-16-4-5-17-13/h1-5,8,12H,6-7,9H2,(H,16,17)(H,20,21). The van der Waals surface area contributed by atoms with Gasteiger partial charge in [-0.05, 0) is 12.1 Å². The molecular formula is C15H15N3O4. The molecule has 2 N–H and O–H groups in total. The summed E-state index contributed by atoms with van der Waals surface area (Å²) in [6.07, 6.45) is 2.39. The van der Waals surface area contributed by atoms with E-state index in [1.807, 2.05) is 6.07 Å². The van der Waals surface area contributed by atoms with Crippen LogP contribution in [0.3, 0.4) is 0 Å². The van der Waals surface area contributed by atoms with Crippen molar-refractivity contribution in [2.75, 3.05) is 19.7 Å². The lowest BCUT2D eigenvalue weighted by Gasteiger charge is -2.31. The van der Waals surface area contributed by atoms with E-state index >= 15 is 0 Å². The summed E-state index contributed by atoms with van der Waals surface area (Å²) in [5, 5.41) is 9.00. The van der Waals surface area contributed by atoms with Gasteiger partial charge in [-0.15, -0.1) is 0 Å². The third kappa shape index (κ3) is 2.84. The number of morpholine rings is 1. The van der Waals surface area contributed by atoms with E-state index in [9.17, 15) is 9.59 Å². The van der Waals surface area contributed by atoms with Crippen LogP contribution in [0, 0.1) is 0 Å². The first kappa shape index (κ1) is 14.3. The first-order valence-electron chi connectivity index (χ1n) is 6.88. The number of imidazole rings is 1. The predicted molar refractivity (Wildman–Crippen MR) is 77.3 cm³/mol. The summed E-state index contributed by atoms with van der Waals surface area (Å²) < 4.78 is 5.13. The number of carboxylic acids is 1. The van der Waals surface area contributed by atoms with Crippen molar-refractivity contribution in [1.82, 2.24) is 14.9 Å². The van der Waals surface area contributed by atoms with Crippen LogP contribution in [-0.4, -0.2) is 57.7 Å². The van der Waals surface area contributed by atoms with Crippen molar-refractivity contribution in [3.63, 3.8) is 0 Å². The Morgan fingerprint density at radius 3 is 3.00 bits per heavy atom. The van der Waals surface area contributed by atoms with Crippen LogP contribution in [0.25, 0.3) is 11.4 Å². The highest BCUT2D eigenvalue weighted by Crippen LogP contribution is 2.18. The Bertz CT molecular complexity index is 684. The summed E-state index contributed by atoms with van der Waals surface area (Å²) in [7, 11) is 0. The van der Waals surface area contributed by atoms with Crippen LogP contribution >= 0.6 is 0 Å².